The Kier molecular flexibility index (Phi) is 2.88. The zero-order chi connectivity index (χ0) is 10.8. The predicted molar refractivity (Wildman–Crippen MR) is 48.8 cm³/mol. The second kappa shape index (κ2) is 4.16. The normalized spacial score (nSPS) is 25.7. The summed E-state index contributed by atoms with van der Waals surface area (Å²) in [6.45, 7) is 0. The highest BCUT2D eigenvalue weighted by atomic mass is 35.5. The second-order valence-corrected chi connectivity index (χ2v) is 3.54. The fraction of sp³-hybridized carbons (Fsp3) is 0.625. The lowest BCUT2D eigenvalue weighted by Gasteiger charge is -2.06. The van der Waals surface area contributed by atoms with Crippen LogP contribution in [0, 0.1) is 0 Å². The van der Waals surface area contributed by atoms with Crippen molar-refractivity contribution in [2.45, 2.75) is 25.0 Å². The highest BCUT2D eigenvalue weighted by Crippen LogP contribution is 2.32. The van der Waals surface area contributed by atoms with Gasteiger partial charge in [-0.25, -0.2) is 4.79 Å². The molecule has 0 unspecified atom stereocenters. The van der Waals surface area contributed by atoms with Gasteiger partial charge in [-0.2, -0.15) is 0 Å². The first kappa shape index (κ1) is 10.4. The highest BCUT2D eigenvalue weighted by Gasteiger charge is 2.30. The van der Waals surface area contributed by atoms with E-state index in [-0.39, 0.29) is 18.1 Å². The summed E-state index contributed by atoms with van der Waals surface area (Å²) in [6.07, 6.45) is 1.20. The zero-order valence-electron chi connectivity index (χ0n) is 7.72. The summed E-state index contributed by atoms with van der Waals surface area (Å²) in [7, 11) is 0. The molecule has 1 aliphatic heterocycles. The van der Waals surface area contributed by atoms with E-state index in [4.69, 9.17) is 25.9 Å². The third kappa shape index (κ3) is 2.10. The van der Waals surface area contributed by atoms with Crippen LogP contribution in [0.2, 0.25) is 0 Å². The van der Waals surface area contributed by atoms with E-state index in [0.717, 1.165) is 12.8 Å². The fourth-order valence-electron chi connectivity index (χ4n) is 1.45. The lowest BCUT2D eigenvalue weighted by atomic mass is 10.2. The molecule has 2 heterocycles. The lowest BCUT2D eigenvalue weighted by molar-refractivity contribution is 0.0387. The molecule has 2 rings (SSSR count). The van der Waals surface area contributed by atoms with Crippen LogP contribution >= 0.6 is 11.6 Å². The molecule has 0 saturated carbocycles. The molecule has 0 spiro atoms. The molecule has 6 nitrogen and oxygen atoms in total. The molecule has 0 radical (unpaired) electrons. The maximum absolute atomic E-state index is 10.5. The highest BCUT2D eigenvalue weighted by molar-refractivity contribution is 6.18. The standard InChI is InChI=1S/C8H9ClN2O4/c9-3-4-1-2-5(14-4)6-10-11-7(15-6)8(12)13/h4-5H,1-3H2,(H,12,13)/t4-,5+/m0/s1. The number of halogens is 1. The van der Waals surface area contributed by atoms with Crippen LogP contribution in [-0.2, 0) is 4.74 Å². The SMILES string of the molecule is O=C(O)c1nnc([C@H]2CC[C@@H](CCl)O2)o1. The first-order valence-corrected chi connectivity index (χ1v) is 5.02. The minimum Gasteiger partial charge on any atom is -0.474 e. The molecule has 7 heteroatoms. The van der Waals surface area contributed by atoms with E-state index < -0.39 is 11.9 Å². The van der Waals surface area contributed by atoms with Gasteiger partial charge in [0, 0.05) is 5.88 Å². The van der Waals surface area contributed by atoms with E-state index >= 15 is 0 Å². The van der Waals surface area contributed by atoms with Gasteiger partial charge in [0.2, 0.25) is 5.89 Å². The quantitative estimate of drug-likeness (QED) is 0.789. The van der Waals surface area contributed by atoms with Gasteiger partial charge < -0.3 is 14.3 Å². The fourth-order valence-corrected chi connectivity index (χ4v) is 1.68. The van der Waals surface area contributed by atoms with E-state index in [9.17, 15) is 4.79 Å². The van der Waals surface area contributed by atoms with Crippen molar-refractivity contribution in [2.75, 3.05) is 5.88 Å². The monoisotopic (exact) mass is 232 g/mol. The number of nitrogens with zero attached hydrogens (tertiary/aromatic N) is 2. The summed E-state index contributed by atoms with van der Waals surface area (Å²) < 4.78 is 10.4. The molecule has 0 aromatic carbocycles. The predicted octanol–water partition coefficient (Wildman–Crippen LogP) is 1.23. The van der Waals surface area contributed by atoms with Gasteiger partial charge in [0.15, 0.2) is 0 Å². The molecule has 2 atom stereocenters. The van der Waals surface area contributed by atoms with Crippen molar-refractivity contribution in [2.24, 2.45) is 0 Å². The van der Waals surface area contributed by atoms with Crippen molar-refractivity contribution >= 4 is 17.6 Å². The van der Waals surface area contributed by atoms with Crippen LogP contribution in [0.5, 0.6) is 0 Å². The number of rotatable bonds is 3. The Hall–Kier alpha value is -1.14. The van der Waals surface area contributed by atoms with Crippen LogP contribution in [-0.4, -0.2) is 33.3 Å². The zero-order valence-corrected chi connectivity index (χ0v) is 8.48. The largest absolute Gasteiger partial charge is 0.474 e. The summed E-state index contributed by atoms with van der Waals surface area (Å²) in [5.74, 6) is -1.03. The van der Waals surface area contributed by atoms with Gasteiger partial charge in [0.25, 0.3) is 0 Å². The Morgan fingerprint density at radius 2 is 2.33 bits per heavy atom. The van der Waals surface area contributed by atoms with Crippen molar-refractivity contribution in [1.29, 1.82) is 0 Å². The van der Waals surface area contributed by atoms with Crippen LogP contribution in [0.4, 0.5) is 0 Å². The Morgan fingerprint density at radius 1 is 1.53 bits per heavy atom. The molecule has 1 aliphatic rings. The molecule has 82 valence electrons. The molecule has 0 aliphatic carbocycles. The minimum absolute atomic E-state index is 0.0168. The smallest absolute Gasteiger partial charge is 0.393 e. The third-order valence-electron chi connectivity index (χ3n) is 2.18. The summed E-state index contributed by atoms with van der Waals surface area (Å²) in [5, 5.41) is 15.6. The molecule has 15 heavy (non-hydrogen) atoms. The first-order chi connectivity index (χ1) is 7.20. The number of hydrogen-bond acceptors (Lipinski definition) is 5. The molecule has 0 bridgehead atoms. The van der Waals surface area contributed by atoms with E-state index in [1.807, 2.05) is 0 Å². The number of carbonyl (C=O) groups is 1. The van der Waals surface area contributed by atoms with Gasteiger partial charge in [0.1, 0.15) is 6.10 Å². The van der Waals surface area contributed by atoms with Crippen molar-refractivity contribution in [3.8, 4) is 0 Å². The summed E-state index contributed by atoms with van der Waals surface area (Å²) in [6, 6.07) is 0. The molecule has 1 aromatic rings. The van der Waals surface area contributed by atoms with Gasteiger partial charge in [-0.1, -0.05) is 0 Å². The van der Waals surface area contributed by atoms with Crippen LogP contribution in [0.3, 0.4) is 0 Å². The summed E-state index contributed by atoms with van der Waals surface area (Å²) in [4.78, 5) is 10.5. The van der Waals surface area contributed by atoms with E-state index in [0.29, 0.717) is 5.88 Å². The van der Waals surface area contributed by atoms with Crippen LogP contribution in [0.1, 0.15) is 35.5 Å². The van der Waals surface area contributed by atoms with Crippen molar-refractivity contribution in [3.63, 3.8) is 0 Å². The first-order valence-electron chi connectivity index (χ1n) is 4.49. The van der Waals surface area contributed by atoms with Gasteiger partial charge in [-0.3, -0.25) is 0 Å². The molecule has 1 saturated heterocycles. The number of alkyl halides is 1. The average Bonchev–Trinajstić information content (AvgIpc) is 2.86. The van der Waals surface area contributed by atoms with Gasteiger partial charge >= 0.3 is 11.9 Å². The third-order valence-corrected chi connectivity index (χ3v) is 2.52. The summed E-state index contributed by atoms with van der Waals surface area (Å²) >= 11 is 5.63. The van der Waals surface area contributed by atoms with Crippen molar-refractivity contribution < 1.29 is 19.1 Å². The van der Waals surface area contributed by atoms with Crippen LogP contribution in [0.25, 0.3) is 0 Å². The van der Waals surface area contributed by atoms with Crippen LogP contribution in [0.15, 0.2) is 4.42 Å². The van der Waals surface area contributed by atoms with Crippen LogP contribution < -0.4 is 0 Å². The van der Waals surface area contributed by atoms with Crippen molar-refractivity contribution in [3.05, 3.63) is 11.8 Å². The van der Waals surface area contributed by atoms with E-state index in [2.05, 4.69) is 10.2 Å². The van der Waals surface area contributed by atoms with E-state index in [1.54, 1.807) is 0 Å². The van der Waals surface area contributed by atoms with E-state index in [1.165, 1.54) is 0 Å². The Labute approximate surface area is 90.2 Å². The Bertz CT molecular complexity index is 367. The minimum atomic E-state index is -1.24. The van der Waals surface area contributed by atoms with Gasteiger partial charge in [-0.15, -0.1) is 21.8 Å². The number of aromatic nitrogens is 2. The number of ether oxygens (including phenoxy) is 1. The number of aromatic carboxylic acids is 1. The molecule has 0 amide bonds. The number of hydrogen-bond donors (Lipinski definition) is 1. The Balaban J connectivity index is 2.07. The number of carboxylic acid groups (broad SMARTS) is 1. The lowest BCUT2D eigenvalue weighted by Crippen LogP contribution is -2.07. The Morgan fingerprint density at radius 3 is 2.87 bits per heavy atom. The maximum atomic E-state index is 10.5. The van der Waals surface area contributed by atoms with Crippen molar-refractivity contribution in [1.82, 2.24) is 10.2 Å². The van der Waals surface area contributed by atoms with Gasteiger partial charge in [-0.05, 0) is 12.8 Å². The maximum Gasteiger partial charge on any atom is 0.393 e. The molecular formula is C8H9ClN2O4. The average molecular weight is 233 g/mol. The molecule has 1 fully saturated rings. The van der Waals surface area contributed by atoms with Gasteiger partial charge in [0.05, 0.1) is 6.10 Å². The second-order valence-electron chi connectivity index (χ2n) is 3.23. The summed E-state index contributed by atoms with van der Waals surface area (Å²) in [5.41, 5.74) is 0. The topological polar surface area (TPSA) is 85.5 Å². The molecular weight excluding hydrogens is 224 g/mol. The molecule has 1 N–H and O–H groups in total. The number of carboxylic acids is 1. The molecule has 1 aromatic heterocycles.